The van der Waals surface area contributed by atoms with Gasteiger partial charge in [-0.1, -0.05) is 13.8 Å². The SMILES string of the molecule is CCC(CC)(CN1CCC2CCC(C1)N2C)C(=O)O. The first-order valence-corrected chi connectivity index (χ1v) is 7.70. The Hall–Kier alpha value is -0.610. The number of hydrogen-bond donors (Lipinski definition) is 1. The summed E-state index contributed by atoms with van der Waals surface area (Å²) in [5.74, 6) is -0.625. The van der Waals surface area contributed by atoms with Crippen LogP contribution in [0.3, 0.4) is 0 Å². The van der Waals surface area contributed by atoms with Gasteiger partial charge < -0.3 is 10.0 Å². The third kappa shape index (κ3) is 2.79. The summed E-state index contributed by atoms with van der Waals surface area (Å²) in [4.78, 5) is 16.5. The maximum absolute atomic E-state index is 11.6. The number of carbonyl (C=O) groups is 1. The summed E-state index contributed by atoms with van der Waals surface area (Å²) in [6.07, 6.45) is 5.23. The maximum Gasteiger partial charge on any atom is 0.310 e. The standard InChI is InChI=1S/C15H28N2O2/c1-4-15(5-2,14(18)19)11-17-9-8-12-6-7-13(10-17)16(12)3/h12-13H,4-11H2,1-3H3,(H,18,19). The molecule has 110 valence electrons. The Morgan fingerprint density at radius 1 is 1.21 bits per heavy atom. The van der Waals surface area contributed by atoms with Gasteiger partial charge >= 0.3 is 5.97 Å². The molecule has 2 atom stereocenters. The van der Waals surface area contributed by atoms with Crippen molar-refractivity contribution in [2.45, 2.75) is 58.0 Å². The molecule has 2 fully saturated rings. The molecule has 19 heavy (non-hydrogen) atoms. The first-order chi connectivity index (χ1) is 9.02. The van der Waals surface area contributed by atoms with Crippen molar-refractivity contribution in [3.63, 3.8) is 0 Å². The largest absolute Gasteiger partial charge is 0.481 e. The Labute approximate surface area is 116 Å². The smallest absolute Gasteiger partial charge is 0.310 e. The monoisotopic (exact) mass is 268 g/mol. The van der Waals surface area contributed by atoms with Crippen LogP contribution in [0.5, 0.6) is 0 Å². The lowest BCUT2D eigenvalue weighted by Gasteiger charge is -2.34. The van der Waals surface area contributed by atoms with Crippen LogP contribution >= 0.6 is 0 Å². The number of likely N-dealkylation sites (N-methyl/N-ethyl adjacent to an activating group) is 1. The lowest BCUT2D eigenvalue weighted by molar-refractivity contribution is -0.150. The lowest BCUT2D eigenvalue weighted by Crippen LogP contribution is -2.45. The average molecular weight is 268 g/mol. The van der Waals surface area contributed by atoms with Crippen molar-refractivity contribution in [2.24, 2.45) is 5.41 Å². The molecule has 0 saturated carbocycles. The second-order valence-electron chi connectivity index (χ2n) is 6.37. The van der Waals surface area contributed by atoms with Gasteiger partial charge in [-0.05, 0) is 45.7 Å². The number of hydrogen-bond acceptors (Lipinski definition) is 3. The normalized spacial score (nSPS) is 29.4. The van der Waals surface area contributed by atoms with Crippen LogP contribution in [0, 0.1) is 5.41 Å². The second kappa shape index (κ2) is 5.80. The van der Waals surface area contributed by atoms with E-state index in [4.69, 9.17) is 0 Å². The molecule has 2 heterocycles. The number of aliphatic carboxylic acids is 1. The molecule has 4 heteroatoms. The zero-order chi connectivity index (χ0) is 14.0. The van der Waals surface area contributed by atoms with Crippen molar-refractivity contribution in [3.05, 3.63) is 0 Å². The van der Waals surface area contributed by atoms with E-state index in [1.54, 1.807) is 0 Å². The fraction of sp³-hybridized carbons (Fsp3) is 0.933. The molecule has 2 aliphatic heterocycles. The Kier molecular flexibility index (Phi) is 4.51. The van der Waals surface area contributed by atoms with Crippen LogP contribution in [0.15, 0.2) is 0 Å². The molecular weight excluding hydrogens is 240 g/mol. The van der Waals surface area contributed by atoms with Crippen molar-refractivity contribution in [1.29, 1.82) is 0 Å². The first kappa shape index (κ1) is 14.8. The van der Waals surface area contributed by atoms with E-state index in [1.165, 1.54) is 19.3 Å². The third-order valence-electron chi connectivity index (χ3n) is 5.57. The number of carboxylic acid groups (broad SMARTS) is 1. The van der Waals surface area contributed by atoms with Gasteiger partial charge in [-0.25, -0.2) is 0 Å². The maximum atomic E-state index is 11.6. The van der Waals surface area contributed by atoms with Gasteiger partial charge in [0, 0.05) is 25.2 Å². The van der Waals surface area contributed by atoms with Crippen molar-refractivity contribution < 1.29 is 9.90 Å². The number of fused-ring (bicyclic) bond motifs is 2. The number of carboxylic acids is 1. The van der Waals surface area contributed by atoms with Crippen LogP contribution in [0.1, 0.15) is 46.0 Å². The molecule has 2 saturated heterocycles. The molecule has 1 N–H and O–H groups in total. The van der Waals surface area contributed by atoms with Crippen molar-refractivity contribution in [3.8, 4) is 0 Å². The molecular formula is C15H28N2O2. The lowest BCUT2D eigenvalue weighted by atomic mass is 9.81. The van der Waals surface area contributed by atoms with Crippen molar-refractivity contribution in [2.75, 3.05) is 26.7 Å². The predicted octanol–water partition coefficient (Wildman–Crippen LogP) is 2.05. The van der Waals surface area contributed by atoms with E-state index in [1.807, 2.05) is 13.8 Å². The Morgan fingerprint density at radius 2 is 1.84 bits per heavy atom. The summed E-state index contributed by atoms with van der Waals surface area (Å²) < 4.78 is 0. The average Bonchev–Trinajstić information content (AvgIpc) is 2.63. The fourth-order valence-electron chi connectivity index (χ4n) is 3.79. The highest BCUT2D eigenvalue weighted by atomic mass is 16.4. The molecule has 2 rings (SSSR count). The van der Waals surface area contributed by atoms with Gasteiger partial charge in [-0.15, -0.1) is 0 Å². The van der Waals surface area contributed by atoms with Crippen LogP contribution < -0.4 is 0 Å². The van der Waals surface area contributed by atoms with E-state index in [9.17, 15) is 9.90 Å². The quantitative estimate of drug-likeness (QED) is 0.829. The zero-order valence-electron chi connectivity index (χ0n) is 12.6. The Bertz CT molecular complexity index is 328. The second-order valence-corrected chi connectivity index (χ2v) is 6.37. The highest BCUT2D eigenvalue weighted by molar-refractivity contribution is 5.74. The summed E-state index contributed by atoms with van der Waals surface area (Å²) >= 11 is 0. The summed E-state index contributed by atoms with van der Waals surface area (Å²) in [7, 11) is 2.23. The predicted molar refractivity (Wildman–Crippen MR) is 76.3 cm³/mol. The fourth-order valence-corrected chi connectivity index (χ4v) is 3.79. The van der Waals surface area contributed by atoms with Crippen LogP contribution in [-0.2, 0) is 4.79 Å². The minimum atomic E-state index is -0.625. The molecule has 4 nitrogen and oxygen atoms in total. The molecule has 0 aliphatic carbocycles. The van der Waals surface area contributed by atoms with Gasteiger partial charge in [0.05, 0.1) is 5.41 Å². The van der Waals surface area contributed by atoms with Gasteiger partial charge in [0.25, 0.3) is 0 Å². The molecule has 0 aromatic heterocycles. The number of likely N-dealkylation sites (tertiary alicyclic amines) is 1. The van der Waals surface area contributed by atoms with Crippen molar-refractivity contribution in [1.82, 2.24) is 9.80 Å². The Morgan fingerprint density at radius 3 is 2.42 bits per heavy atom. The van der Waals surface area contributed by atoms with Gasteiger partial charge in [0.2, 0.25) is 0 Å². The summed E-state index contributed by atoms with van der Waals surface area (Å²) in [5, 5.41) is 9.57. The molecule has 0 spiro atoms. The van der Waals surface area contributed by atoms with Crippen LogP contribution in [-0.4, -0.2) is 59.6 Å². The first-order valence-electron chi connectivity index (χ1n) is 7.70. The van der Waals surface area contributed by atoms with Gasteiger partial charge in [0.15, 0.2) is 0 Å². The molecule has 2 unspecified atom stereocenters. The molecule has 2 bridgehead atoms. The van der Waals surface area contributed by atoms with Gasteiger partial charge in [-0.2, -0.15) is 0 Å². The summed E-state index contributed by atoms with van der Waals surface area (Å²) in [5.41, 5.74) is -0.553. The minimum absolute atomic E-state index is 0.553. The molecule has 0 radical (unpaired) electrons. The topological polar surface area (TPSA) is 43.8 Å². The van der Waals surface area contributed by atoms with Crippen LogP contribution in [0.4, 0.5) is 0 Å². The van der Waals surface area contributed by atoms with Crippen molar-refractivity contribution >= 4 is 5.97 Å². The summed E-state index contributed by atoms with van der Waals surface area (Å²) in [6.45, 7) is 6.83. The number of rotatable bonds is 5. The highest BCUT2D eigenvalue weighted by Crippen LogP contribution is 2.32. The van der Waals surface area contributed by atoms with Gasteiger partial charge in [-0.3, -0.25) is 9.69 Å². The van der Waals surface area contributed by atoms with E-state index in [0.29, 0.717) is 12.6 Å². The summed E-state index contributed by atoms with van der Waals surface area (Å²) in [6, 6.07) is 1.35. The molecule has 2 aliphatic rings. The highest BCUT2D eigenvalue weighted by Gasteiger charge is 2.40. The minimum Gasteiger partial charge on any atom is -0.481 e. The van der Waals surface area contributed by atoms with E-state index in [0.717, 1.165) is 32.0 Å². The number of nitrogens with zero attached hydrogens (tertiary/aromatic N) is 2. The van der Waals surface area contributed by atoms with E-state index >= 15 is 0 Å². The Balaban J connectivity index is 2.04. The zero-order valence-corrected chi connectivity index (χ0v) is 12.6. The molecule has 0 amide bonds. The van der Waals surface area contributed by atoms with E-state index in [-0.39, 0.29) is 0 Å². The van der Waals surface area contributed by atoms with Gasteiger partial charge in [0.1, 0.15) is 0 Å². The van der Waals surface area contributed by atoms with Crippen LogP contribution in [0.25, 0.3) is 0 Å². The van der Waals surface area contributed by atoms with Crippen LogP contribution in [0.2, 0.25) is 0 Å². The van der Waals surface area contributed by atoms with E-state index in [2.05, 4.69) is 16.8 Å². The van der Waals surface area contributed by atoms with E-state index < -0.39 is 11.4 Å². The third-order valence-corrected chi connectivity index (χ3v) is 5.57. The molecule has 0 aromatic carbocycles. The molecule has 0 aromatic rings.